The van der Waals surface area contributed by atoms with Gasteiger partial charge in [0, 0.05) is 17.7 Å². The number of carbonyl (C=O) groups is 1. The van der Waals surface area contributed by atoms with Crippen molar-refractivity contribution in [1.82, 2.24) is 9.78 Å². The highest BCUT2D eigenvalue weighted by molar-refractivity contribution is 7.80. The fraction of sp³-hybridized carbons (Fsp3) is 0.0769. The molecule has 0 aliphatic rings. The Labute approximate surface area is 124 Å². The summed E-state index contributed by atoms with van der Waals surface area (Å²) in [4.78, 5) is 34.7. The number of rotatable bonds is 4. The third kappa shape index (κ3) is 3.63. The van der Waals surface area contributed by atoms with Crippen molar-refractivity contribution < 1.29 is 4.79 Å². The molecule has 21 heavy (non-hydrogen) atoms. The topological polar surface area (TPSA) is 110 Å². The van der Waals surface area contributed by atoms with Crippen LogP contribution in [-0.2, 0) is 11.3 Å². The summed E-state index contributed by atoms with van der Waals surface area (Å²) in [6.07, 6.45) is 0. The van der Waals surface area contributed by atoms with E-state index in [9.17, 15) is 14.4 Å². The van der Waals surface area contributed by atoms with E-state index in [4.69, 9.17) is 18.0 Å². The van der Waals surface area contributed by atoms with Crippen molar-refractivity contribution in [3.05, 3.63) is 62.7 Å². The Morgan fingerprint density at radius 3 is 2.67 bits per heavy atom. The zero-order valence-electron chi connectivity index (χ0n) is 10.8. The van der Waals surface area contributed by atoms with Crippen molar-refractivity contribution in [2.45, 2.75) is 6.54 Å². The summed E-state index contributed by atoms with van der Waals surface area (Å²) in [6, 6.07) is 8.96. The number of anilines is 1. The van der Waals surface area contributed by atoms with Crippen molar-refractivity contribution in [2.75, 3.05) is 5.32 Å². The van der Waals surface area contributed by atoms with E-state index < -0.39 is 17.0 Å². The Bertz CT molecular complexity index is 809. The van der Waals surface area contributed by atoms with Gasteiger partial charge in [-0.3, -0.25) is 19.5 Å². The molecule has 0 saturated carbocycles. The first kappa shape index (κ1) is 14.7. The van der Waals surface area contributed by atoms with Crippen LogP contribution in [-0.4, -0.2) is 20.7 Å². The third-order valence-corrected chi connectivity index (χ3v) is 2.88. The number of H-pyrrole nitrogens is 1. The summed E-state index contributed by atoms with van der Waals surface area (Å²) < 4.78 is 0.918. The number of benzene rings is 1. The smallest absolute Gasteiger partial charge is 0.265 e. The minimum atomic E-state index is -0.484. The second-order valence-corrected chi connectivity index (χ2v) is 4.63. The van der Waals surface area contributed by atoms with Crippen LogP contribution in [0.15, 0.2) is 46.0 Å². The highest BCUT2D eigenvalue weighted by Gasteiger charge is 2.09. The van der Waals surface area contributed by atoms with Crippen molar-refractivity contribution in [3.63, 3.8) is 0 Å². The van der Waals surface area contributed by atoms with E-state index >= 15 is 0 Å². The molecule has 1 amide bonds. The predicted octanol–water partition coefficient (Wildman–Crippen LogP) is -0.191. The van der Waals surface area contributed by atoms with Crippen molar-refractivity contribution in [3.8, 4) is 0 Å². The van der Waals surface area contributed by atoms with Crippen LogP contribution in [0.25, 0.3) is 0 Å². The molecule has 4 N–H and O–H groups in total. The van der Waals surface area contributed by atoms with Crippen molar-refractivity contribution in [2.24, 2.45) is 5.73 Å². The van der Waals surface area contributed by atoms with Gasteiger partial charge in [-0.25, -0.2) is 4.68 Å². The van der Waals surface area contributed by atoms with Crippen LogP contribution in [0.5, 0.6) is 0 Å². The van der Waals surface area contributed by atoms with E-state index in [1.807, 2.05) is 0 Å². The third-order valence-electron chi connectivity index (χ3n) is 2.66. The van der Waals surface area contributed by atoms with E-state index in [2.05, 4.69) is 10.4 Å². The molecule has 1 aromatic heterocycles. The fourth-order valence-corrected chi connectivity index (χ4v) is 1.90. The SMILES string of the molecule is NC(=S)c1ccccc1NC(=O)Cn1[nH]c(=O)ccc1=O. The molecule has 0 fully saturated rings. The van der Waals surface area contributed by atoms with Gasteiger partial charge in [-0.15, -0.1) is 0 Å². The molecule has 0 radical (unpaired) electrons. The number of hydrogen-bond acceptors (Lipinski definition) is 4. The molecular formula is C13H12N4O3S. The molecule has 0 aliphatic carbocycles. The zero-order valence-corrected chi connectivity index (χ0v) is 11.6. The number of nitrogens with one attached hydrogen (secondary N) is 2. The number of amides is 1. The molecule has 7 nitrogen and oxygen atoms in total. The largest absolute Gasteiger partial charge is 0.389 e. The number of aromatic amines is 1. The second-order valence-electron chi connectivity index (χ2n) is 4.19. The van der Waals surface area contributed by atoms with Crippen molar-refractivity contribution in [1.29, 1.82) is 0 Å². The van der Waals surface area contributed by atoms with Gasteiger partial charge < -0.3 is 11.1 Å². The van der Waals surface area contributed by atoms with Gasteiger partial charge in [0.25, 0.3) is 11.1 Å². The highest BCUT2D eigenvalue weighted by atomic mass is 32.1. The highest BCUT2D eigenvalue weighted by Crippen LogP contribution is 2.14. The molecule has 2 rings (SSSR count). The number of aromatic nitrogens is 2. The lowest BCUT2D eigenvalue weighted by molar-refractivity contribution is -0.117. The summed E-state index contributed by atoms with van der Waals surface area (Å²) in [5.41, 5.74) is 5.59. The minimum absolute atomic E-state index is 0.149. The fourth-order valence-electron chi connectivity index (χ4n) is 1.72. The van der Waals surface area contributed by atoms with Gasteiger partial charge in [0.05, 0.1) is 5.69 Å². The number of nitrogens with zero attached hydrogens (tertiary/aromatic N) is 1. The average molecular weight is 304 g/mol. The number of nitrogens with two attached hydrogens (primary N) is 1. The maximum atomic E-state index is 11.9. The summed E-state index contributed by atoms with van der Waals surface area (Å²) in [5.74, 6) is -0.484. The molecule has 1 heterocycles. The molecule has 8 heteroatoms. The maximum absolute atomic E-state index is 11.9. The van der Waals surface area contributed by atoms with E-state index in [1.165, 1.54) is 0 Å². The van der Waals surface area contributed by atoms with Gasteiger partial charge >= 0.3 is 0 Å². The lowest BCUT2D eigenvalue weighted by Gasteiger charge is -2.10. The van der Waals surface area contributed by atoms with Gasteiger partial charge in [0.15, 0.2) is 0 Å². The summed E-state index contributed by atoms with van der Waals surface area (Å²) in [5, 5.41) is 4.87. The Morgan fingerprint density at radius 2 is 1.95 bits per heavy atom. The Hall–Kier alpha value is -2.74. The molecule has 1 aromatic carbocycles. The zero-order chi connectivity index (χ0) is 15.4. The molecule has 0 unspecified atom stereocenters. The van der Waals surface area contributed by atoms with Gasteiger partial charge in [0.2, 0.25) is 5.91 Å². The average Bonchev–Trinajstić information content (AvgIpc) is 2.43. The lowest BCUT2D eigenvalue weighted by atomic mass is 10.2. The number of thiocarbonyl (C=S) groups is 1. The molecule has 108 valence electrons. The van der Waals surface area contributed by atoms with Crippen molar-refractivity contribution >= 4 is 28.8 Å². The van der Waals surface area contributed by atoms with Crippen LogP contribution in [0.2, 0.25) is 0 Å². The number of carbonyl (C=O) groups excluding carboxylic acids is 1. The van der Waals surface area contributed by atoms with E-state index in [0.29, 0.717) is 11.3 Å². The van der Waals surface area contributed by atoms with E-state index in [-0.39, 0.29) is 11.5 Å². The first-order valence-corrected chi connectivity index (χ1v) is 6.37. The Kier molecular flexibility index (Phi) is 4.29. The number of para-hydroxylation sites is 1. The predicted molar refractivity (Wildman–Crippen MR) is 82.3 cm³/mol. The molecule has 0 spiro atoms. The van der Waals surface area contributed by atoms with Crippen LogP contribution in [0.1, 0.15) is 5.56 Å². The molecular weight excluding hydrogens is 292 g/mol. The molecule has 0 aliphatic heterocycles. The number of hydrogen-bond donors (Lipinski definition) is 3. The minimum Gasteiger partial charge on any atom is -0.389 e. The summed E-state index contributed by atoms with van der Waals surface area (Å²) in [7, 11) is 0. The van der Waals surface area contributed by atoms with Gasteiger partial charge in [-0.1, -0.05) is 24.4 Å². The van der Waals surface area contributed by atoms with E-state index in [1.54, 1.807) is 24.3 Å². The normalized spacial score (nSPS) is 10.1. The van der Waals surface area contributed by atoms with E-state index in [0.717, 1.165) is 16.8 Å². The first-order chi connectivity index (χ1) is 9.97. The van der Waals surface area contributed by atoms with Gasteiger partial charge in [0.1, 0.15) is 11.5 Å². The van der Waals surface area contributed by atoms with Gasteiger partial charge in [-0.05, 0) is 12.1 Å². The quantitative estimate of drug-likeness (QED) is 0.678. The Morgan fingerprint density at radius 1 is 1.24 bits per heavy atom. The standard InChI is InChI=1S/C13H12N4O3S/c14-13(21)8-3-1-2-4-9(8)15-11(19)7-17-12(20)6-5-10(18)16-17/h1-6H,7H2,(H2,14,21)(H,15,19)(H,16,18). The van der Waals surface area contributed by atoms with Crippen LogP contribution >= 0.6 is 12.2 Å². The van der Waals surface area contributed by atoms with Gasteiger partial charge in [-0.2, -0.15) is 0 Å². The maximum Gasteiger partial charge on any atom is 0.265 e. The Balaban J connectivity index is 2.20. The van der Waals surface area contributed by atoms with Crippen LogP contribution < -0.4 is 22.2 Å². The molecule has 0 saturated heterocycles. The summed E-state index contributed by atoms with van der Waals surface area (Å²) in [6.45, 7) is -0.319. The molecule has 0 atom stereocenters. The second kappa shape index (κ2) is 6.14. The van der Waals surface area contributed by atoms with Crippen LogP contribution in [0.4, 0.5) is 5.69 Å². The monoisotopic (exact) mass is 304 g/mol. The lowest BCUT2D eigenvalue weighted by Crippen LogP contribution is -2.33. The van der Waals surface area contributed by atoms with Crippen LogP contribution in [0.3, 0.4) is 0 Å². The molecule has 0 bridgehead atoms. The first-order valence-electron chi connectivity index (χ1n) is 5.96. The van der Waals surface area contributed by atoms with Crippen LogP contribution in [0, 0.1) is 0 Å². The molecule has 2 aromatic rings. The summed E-state index contributed by atoms with van der Waals surface area (Å²) >= 11 is 4.89.